The summed E-state index contributed by atoms with van der Waals surface area (Å²) in [6, 6.07) is 4.05. The van der Waals surface area contributed by atoms with E-state index in [9.17, 15) is 20.0 Å². The summed E-state index contributed by atoms with van der Waals surface area (Å²) >= 11 is 0. The first-order valence-corrected chi connectivity index (χ1v) is 5.16. The van der Waals surface area contributed by atoms with Crippen molar-refractivity contribution in [3.8, 4) is 5.75 Å². The SMILES string of the molecule is CCOC(=O)CCc1ccc(O)c([N+](=O)[O-])c1. The van der Waals surface area contributed by atoms with Crippen molar-refractivity contribution in [2.45, 2.75) is 19.8 Å². The molecule has 0 amide bonds. The molecule has 0 heterocycles. The Labute approximate surface area is 98.0 Å². The van der Waals surface area contributed by atoms with Gasteiger partial charge >= 0.3 is 11.7 Å². The number of hydrogen-bond acceptors (Lipinski definition) is 5. The lowest BCUT2D eigenvalue weighted by Crippen LogP contribution is -2.05. The van der Waals surface area contributed by atoms with E-state index in [2.05, 4.69) is 0 Å². The molecular weight excluding hydrogens is 226 g/mol. The molecule has 0 radical (unpaired) electrons. The van der Waals surface area contributed by atoms with Crippen LogP contribution < -0.4 is 0 Å². The molecule has 17 heavy (non-hydrogen) atoms. The highest BCUT2D eigenvalue weighted by atomic mass is 16.6. The van der Waals surface area contributed by atoms with Crippen molar-refractivity contribution in [3.63, 3.8) is 0 Å². The average Bonchev–Trinajstić information content (AvgIpc) is 2.28. The maximum Gasteiger partial charge on any atom is 0.310 e. The van der Waals surface area contributed by atoms with E-state index in [-0.39, 0.29) is 23.8 Å². The Bertz CT molecular complexity index is 430. The molecule has 0 aromatic heterocycles. The first-order chi connectivity index (χ1) is 8.04. The number of hydrogen-bond donors (Lipinski definition) is 1. The van der Waals surface area contributed by atoms with E-state index in [0.29, 0.717) is 18.6 Å². The number of benzene rings is 1. The minimum atomic E-state index is -0.663. The molecule has 1 rings (SSSR count). The zero-order valence-electron chi connectivity index (χ0n) is 9.38. The zero-order valence-corrected chi connectivity index (χ0v) is 9.38. The third kappa shape index (κ3) is 3.75. The molecule has 1 aromatic rings. The van der Waals surface area contributed by atoms with E-state index in [1.54, 1.807) is 13.0 Å². The Kier molecular flexibility index (Phi) is 4.45. The number of aromatic hydroxyl groups is 1. The second-order valence-electron chi connectivity index (χ2n) is 3.39. The molecule has 6 nitrogen and oxygen atoms in total. The largest absolute Gasteiger partial charge is 0.502 e. The predicted octanol–water partition coefficient (Wildman–Crippen LogP) is 1.80. The minimum absolute atomic E-state index is 0.162. The van der Waals surface area contributed by atoms with Gasteiger partial charge in [0.2, 0.25) is 0 Å². The number of aryl methyl sites for hydroxylation is 1. The van der Waals surface area contributed by atoms with Crippen LogP contribution in [0.5, 0.6) is 5.75 Å². The van der Waals surface area contributed by atoms with Crippen LogP contribution in [0.4, 0.5) is 5.69 Å². The second kappa shape index (κ2) is 5.83. The van der Waals surface area contributed by atoms with Crippen molar-refractivity contribution in [3.05, 3.63) is 33.9 Å². The Morgan fingerprint density at radius 3 is 2.82 bits per heavy atom. The van der Waals surface area contributed by atoms with E-state index in [1.165, 1.54) is 12.1 Å². The summed E-state index contributed by atoms with van der Waals surface area (Å²) in [6.45, 7) is 2.03. The Morgan fingerprint density at radius 2 is 2.24 bits per heavy atom. The maximum absolute atomic E-state index is 11.1. The number of carbonyl (C=O) groups excluding carboxylic acids is 1. The minimum Gasteiger partial charge on any atom is -0.502 e. The van der Waals surface area contributed by atoms with Gasteiger partial charge in [0.15, 0.2) is 5.75 Å². The highest BCUT2D eigenvalue weighted by molar-refractivity contribution is 5.69. The lowest BCUT2D eigenvalue weighted by Gasteiger charge is -2.03. The smallest absolute Gasteiger partial charge is 0.310 e. The van der Waals surface area contributed by atoms with Gasteiger partial charge in [-0.15, -0.1) is 0 Å². The summed E-state index contributed by atoms with van der Waals surface area (Å²) in [6.07, 6.45) is 0.510. The Balaban J connectivity index is 2.69. The van der Waals surface area contributed by atoms with Gasteiger partial charge in [0.25, 0.3) is 0 Å². The molecule has 0 saturated heterocycles. The molecule has 6 heteroatoms. The summed E-state index contributed by atoms with van der Waals surface area (Å²) in [5, 5.41) is 19.8. The fraction of sp³-hybridized carbons (Fsp3) is 0.364. The summed E-state index contributed by atoms with van der Waals surface area (Å²) in [7, 11) is 0. The van der Waals surface area contributed by atoms with Crippen LogP contribution in [0.3, 0.4) is 0 Å². The molecule has 0 atom stereocenters. The van der Waals surface area contributed by atoms with Crippen LogP contribution >= 0.6 is 0 Å². The number of phenols is 1. The standard InChI is InChI=1S/C11H13NO5/c1-2-17-11(14)6-4-8-3-5-10(13)9(7-8)12(15)16/h3,5,7,13H,2,4,6H2,1H3. The Hall–Kier alpha value is -2.11. The predicted molar refractivity (Wildman–Crippen MR) is 59.7 cm³/mol. The van der Waals surface area contributed by atoms with Crippen LogP contribution in [0, 0.1) is 10.1 Å². The molecule has 0 spiro atoms. The van der Waals surface area contributed by atoms with Crippen LogP contribution in [-0.4, -0.2) is 22.6 Å². The van der Waals surface area contributed by atoms with E-state index < -0.39 is 4.92 Å². The zero-order chi connectivity index (χ0) is 12.8. The molecular formula is C11H13NO5. The molecule has 0 aliphatic carbocycles. The molecule has 1 aromatic carbocycles. The fourth-order valence-electron chi connectivity index (χ4n) is 1.35. The number of phenolic OH excluding ortho intramolecular Hbond substituents is 1. The van der Waals surface area contributed by atoms with Gasteiger partial charge < -0.3 is 9.84 Å². The summed E-state index contributed by atoms with van der Waals surface area (Å²) in [4.78, 5) is 21.0. The topological polar surface area (TPSA) is 89.7 Å². The molecule has 0 fully saturated rings. The molecule has 0 aliphatic rings. The van der Waals surface area contributed by atoms with Crippen LogP contribution in [0.25, 0.3) is 0 Å². The molecule has 1 N–H and O–H groups in total. The number of ether oxygens (including phenoxy) is 1. The van der Waals surface area contributed by atoms with Gasteiger partial charge in [-0.05, 0) is 25.0 Å². The number of rotatable bonds is 5. The quantitative estimate of drug-likeness (QED) is 0.480. The van der Waals surface area contributed by atoms with Crippen molar-refractivity contribution < 1.29 is 19.6 Å². The number of carbonyl (C=O) groups is 1. The number of nitrogens with zero attached hydrogens (tertiary/aromatic N) is 1. The van der Waals surface area contributed by atoms with Gasteiger partial charge in [-0.3, -0.25) is 14.9 Å². The first kappa shape index (κ1) is 13.0. The van der Waals surface area contributed by atoms with Gasteiger partial charge in [-0.25, -0.2) is 0 Å². The number of nitro groups is 1. The number of esters is 1. The van der Waals surface area contributed by atoms with Crippen LogP contribution in [0.2, 0.25) is 0 Å². The van der Waals surface area contributed by atoms with E-state index in [0.717, 1.165) is 0 Å². The fourth-order valence-corrected chi connectivity index (χ4v) is 1.35. The summed E-state index contributed by atoms with van der Waals surface area (Å²) in [5.41, 5.74) is 0.258. The average molecular weight is 239 g/mol. The second-order valence-corrected chi connectivity index (χ2v) is 3.39. The highest BCUT2D eigenvalue weighted by Gasteiger charge is 2.14. The van der Waals surface area contributed by atoms with Crippen molar-refractivity contribution in [1.29, 1.82) is 0 Å². The van der Waals surface area contributed by atoms with E-state index in [1.807, 2.05) is 0 Å². The summed E-state index contributed by atoms with van der Waals surface area (Å²) in [5.74, 6) is -0.724. The molecule has 0 saturated carbocycles. The van der Waals surface area contributed by atoms with Gasteiger partial charge in [-0.1, -0.05) is 6.07 Å². The lowest BCUT2D eigenvalue weighted by molar-refractivity contribution is -0.385. The third-order valence-corrected chi connectivity index (χ3v) is 2.16. The molecule has 0 aliphatic heterocycles. The maximum atomic E-state index is 11.1. The lowest BCUT2D eigenvalue weighted by atomic mass is 10.1. The van der Waals surface area contributed by atoms with Gasteiger partial charge in [0.1, 0.15) is 0 Å². The van der Waals surface area contributed by atoms with Crippen molar-refractivity contribution in [2.75, 3.05) is 6.61 Å². The highest BCUT2D eigenvalue weighted by Crippen LogP contribution is 2.26. The summed E-state index contributed by atoms with van der Waals surface area (Å²) < 4.78 is 4.74. The van der Waals surface area contributed by atoms with Crippen molar-refractivity contribution >= 4 is 11.7 Å². The monoisotopic (exact) mass is 239 g/mol. The Morgan fingerprint density at radius 1 is 1.53 bits per heavy atom. The van der Waals surface area contributed by atoms with E-state index >= 15 is 0 Å². The van der Waals surface area contributed by atoms with Crippen LogP contribution in [-0.2, 0) is 16.0 Å². The normalized spacial score (nSPS) is 9.94. The van der Waals surface area contributed by atoms with Crippen LogP contribution in [0.15, 0.2) is 18.2 Å². The first-order valence-electron chi connectivity index (χ1n) is 5.16. The van der Waals surface area contributed by atoms with Crippen molar-refractivity contribution in [2.24, 2.45) is 0 Å². The van der Waals surface area contributed by atoms with E-state index in [4.69, 9.17) is 4.74 Å². The molecule has 0 unspecified atom stereocenters. The van der Waals surface area contributed by atoms with Gasteiger partial charge in [0, 0.05) is 12.5 Å². The molecule has 0 bridgehead atoms. The van der Waals surface area contributed by atoms with Crippen molar-refractivity contribution in [1.82, 2.24) is 0 Å². The van der Waals surface area contributed by atoms with Gasteiger partial charge in [0.05, 0.1) is 11.5 Å². The van der Waals surface area contributed by atoms with Gasteiger partial charge in [-0.2, -0.15) is 0 Å². The number of nitro benzene ring substituents is 1. The third-order valence-electron chi connectivity index (χ3n) is 2.16. The van der Waals surface area contributed by atoms with Crippen LogP contribution in [0.1, 0.15) is 18.9 Å². The molecule has 92 valence electrons.